The minimum Gasteiger partial charge on any atom is -0.382 e. The quantitative estimate of drug-likeness (QED) is 0.438. The van der Waals surface area contributed by atoms with Crippen LogP contribution in [0.4, 0.5) is 11.4 Å². The third-order valence-electron chi connectivity index (χ3n) is 6.14. The number of carbonyl (C=O) groups is 1. The lowest BCUT2D eigenvalue weighted by atomic mass is 9.95. The van der Waals surface area contributed by atoms with Gasteiger partial charge in [-0.3, -0.25) is 9.59 Å². The van der Waals surface area contributed by atoms with Crippen LogP contribution in [0.3, 0.4) is 0 Å². The molecule has 1 heterocycles. The molecule has 1 saturated carbocycles. The molecular weight excluding hydrogens is 412 g/mol. The summed E-state index contributed by atoms with van der Waals surface area (Å²) in [5.41, 5.74) is 2.30. The fraction of sp³-hybridized carbons (Fsp3) is 0.222. The number of aromatic nitrogens is 2. The van der Waals surface area contributed by atoms with Gasteiger partial charge in [-0.2, -0.15) is 9.78 Å². The summed E-state index contributed by atoms with van der Waals surface area (Å²) >= 11 is 0. The standard InChI is InChI=1S/C27H26N4O2/c32-26(29-21-17-15-20(16-18-21)28-19-9-3-1-4-10-19)25-23-13-7-8-14-24(23)27(33)31(30-25)22-11-5-2-6-12-22/h2,5-8,11-19,28H,1,3-4,9-10H2,(H,29,32). The van der Waals surface area contributed by atoms with Crippen LogP contribution >= 0.6 is 0 Å². The van der Waals surface area contributed by atoms with Gasteiger partial charge in [0, 0.05) is 22.8 Å². The Bertz CT molecular complexity index is 1320. The molecule has 0 atom stereocenters. The zero-order chi connectivity index (χ0) is 22.6. The molecule has 0 saturated heterocycles. The van der Waals surface area contributed by atoms with Crippen molar-refractivity contribution in [2.45, 2.75) is 38.1 Å². The molecule has 1 aliphatic carbocycles. The number of para-hydroxylation sites is 1. The number of benzene rings is 3. The van der Waals surface area contributed by atoms with Crippen LogP contribution in [0.15, 0.2) is 83.7 Å². The maximum Gasteiger partial charge on any atom is 0.279 e. The van der Waals surface area contributed by atoms with Crippen LogP contribution in [-0.4, -0.2) is 21.7 Å². The second kappa shape index (κ2) is 9.28. The van der Waals surface area contributed by atoms with Crippen molar-refractivity contribution in [1.82, 2.24) is 9.78 Å². The fourth-order valence-corrected chi connectivity index (χ4v) is 4.42. The second-order valence-electron chi connectivity index (χ2n) is 8.46. The van der Waals surface area contributed by atoms with E-state index in [0.29, 0.717) is 28.2 Å². The van der Waals surface area contributed by atoms with E-state index in [1.54, 1.807) is 36.4 Å². The predicted octanol–water partition coefficient (Wildman–Crippen LogP) is 5.38. The van der Waals surface area contributed by atoms with Gasteiger partial charge in [0.05, 0.1) is 11.1 Å². The Hall–Kier alpha value is -3.93. The maximum atomic E-state index is 13.2. The molecule has 1 aliphatic rings. The molecule has 3 aromatic carbocycles. The first-order chi connectivity index (χ1) is 16.2. The minimum atomic E-state index is -0.358. The molecule has 0 spiro atoms. The molecule has 0 bridgehead atoms. The molecule has 166 valence electrons. The smallest absolute Gasteiger partial charge is 0.279 e. The van der Waals surface area contributed by atoms with Crippen molar-refractivity contribution in [2.75, 3.05) is 10.6 Å². The van der Waals surface area contributed by atoms with E-state index in [0.717, 1.165) is 5.69 Å². The molecule has 1 aromatic heterocycles. The Kier molecular flexibility index (Phi) is 5.89. The van der Waals surface area contributed by atoms with Crippen molar-refractivity contribution in [2.24, 2.45) is 0 Å². The first-order valence-corrected chi connectivity index (χ1v) is 11.4. The molecule has 6 nitrogen and oxygen atoms in total. The summed E-state index contributed by atoms with van der Waals surface area (Å²) < 4.78 is 1.29. The third kappa shape index (κ3) is 4.51. The number of hydrogen-bond acceptors (Lipinski definition) is 4. The summed E-state index contributed by atoms with van der Waals surface area (Å²) in [4.78, 5) is 26.2. The van der Waals surface area contributed by atoms with Gasteiger partial charge in [-0.25, -0.2) is 0 Å². The van der Waals surface area contributed by atoms with Gasteiger partial charge < -0.3 is 10.6 Å². The van der Waals surface area contributed by atoms with E-state index < -0.39 is 0 Å². The summed E-state index contributed by atoms with van der Waals surface area (Å²) in [6.07, 6.45) is 6.28. The Morgan fingerprint density at radius 3 is 2.15 bits per heavy atom. The van der Waals surface area contributed by atoms with Crippen molar-refractivity contribution in [3.8, 4) is 5.69 Å². The number of nitrogens with zero attached hydrogens (tertiary/aromatic N) is 2. The van der Waals surface area contributed by atoms with Gasteiger partial charge in [-0.05, 0) is 55.3 Å². The van der Waals surface area contributed by atoms with E-state index in [4.69, 9.17) is 0 Å². The van der Waals surface area contributed by atoms with Crippen molar-refractivity contribution in [3.05, 3.63) is 94.9 Å². The van der Waals surface area contributed by atoms with Gasteiger partial charge in [-0.1, -0.05) is 55.7 Å². The van der Waals surface area contributed by atoms with E-state index in [1.165, 1.54) is 36.8 Å². The molecule has 1 amide bonds. The first-order valence-electron chi connectivity index (χ1n) is 11.4. The Labute approximate surface area is 192 Å². The van der Waals surface area contributed by atoms with E-state index in [2.05, 4.69) is 15.7 Å². The first kappa shape index (κ1) is 20.9. The zero-order valence-electron chi connectivity index (χ0n) is 18.3. The number of hydrogen-bond donors (Lipinski definition) is 2. The molecule has 4 aromatic rings. The summed E-state index contributed by atoms with van der Waals surface area (Å²) in [7, 11) is 0. The number of amides is 1. The average Bonchev–Trinajstić information content (AvgIpc) is 2.87. The van der Waals surface area contributed by atoms with E-state index in [9.17, 15) is 9.59 Å². The third-order valence-corrected chi connectivity index (χ3v) is 6.14. The van der Waals surface area contributed by atoms with E-state index in [1.807, 2.05) is 42.5 Å². The number of carbonyl (C=O) groups excluding carboxylic acids is 1. The Balaban J connectivity index is 1.42. The molecule has 2 N–H and O–H groups in total. The predicted molar refractivity (Wildman–Crippen MR) is 132 cm³/mol. The van der Waals surface area contributed by atoms with Gasteiger partial charge in [0.2, 0.25) is 0 Å². The van der Waals surface area contributed by atoms with E-state index in [-0.39, 0.29) is 17.2 Å². The van der Waals surface area contributed by atoms with Gasteiger partial charge in [0.1, 0.15) is 0 Å². The summed E-state index contributed by atoms with van der Waals surface area (Å²) in [6.45, 7) is 0. The zero-order valence-corrected chi connectivity index (χ0v) is 18.3. The van der Waals surface area contributed by atoms with Gasteiger partial charge in [0.25, 0.3) is 11.5 Å². The topological polar surface area (TPSA) is 76.0 Å². The highest BCUT2D eigenvalue weighted by molar-refractivity contribution is 6.11. The molecule has 5 rings (SSSR count). The number of nitrogens with one attached hydrogen (secondary N) is 2. The van der Waals surface area contributed by atoms with Gasteiger partial charge in [0.15, 0.2) is 5.69 Å². The Morgan fingerprint density at radius 1 is 0.788 bits per heavy atom. The molecule has 6 heteroatoms. The van der Waals surface area contributed by atoms with Gasteiger partial charge >= 0.3 is 0 Å². The molecular formula is C27H26N4O2. The molecule has 0 aliphatic heterocycles. The lowest BCUT2D eigenvalue weighted by molar-refractivity contribution is 0.102. The van der Waals surface area contributed by atoms with Crippen LogP contribution in [0.1, 0.15) is 42.6 Å². The number of anilines is 2. The number of rotatable bonds is 5. The van der Waals surface area contributed by atoms with Crippen LogP contribution in [0.2, 0.25) is 0 Å². The lowest BCUT2D eigenvalue weighted by Gasteiger charge is -2.23. The summed E-state index contributed by atoms with van der Waals surface area (Å²) in [6, 6.07) is 24.5. The Morgan fingerprint density at radius 2 is 1.42 bits per heavy atom. The van der Waals surface area contributed by atoms with Crippen molar-refractivity contribution in [3.63, 3.8) is 0 Å². The van der Waals surface area contributed by atoms with Crippen LogP contribution in [0, 0.1) is 0 Å². The number of fused-ring (bicyclic) bond motifs is 1. The van der Waals surface area contributed by atoms with Crippen LogP contribution in [-0.2, 0) is 0 Å². The van der Waals surface area contributed by atoms with Crippen LogP contribution in [0.25, 0.3) is 16.5 Å². The lowest BCUT2D eigenvalue weighted by Crippen LogP contribution is -2.26. The SMILES string of the molecule is O=C(Nc1ccc(NC2CCCCC2)cc1)c1nn(-c2ccccc2)c(=O)c2ccccc12. The molecule has 33 heavy (non-hydrogen) atoms. The van der Waals surface area contributed by atoms with Gasteiger partial charge in [-0.15, -0.1) is 0 Å². The van der Waals surface area contributed by atoms with Crippen molar-refractivity contribution in [1.29, 1.82) is 0 Å². The van der Waals surface area contributed by atoms with Crippen molar-refractivity contribution >= 4 is 28.1 Å². The second-order valence-corrected chi connectivity index (χ2v) is 8.46. The van der Waals surface area contributed by atoms with E-state index >= 15 is 0 Å². The highest BCUT2D eigenvalue weighted by Crippen LogP contribution is 2.23. The molecule has 0 radical (unpaired) electrons. The normalized spacial score (nSPS) is 14.2. The summed E-state index contributed by atoms with van der Waals surface area (Å²) in [5, 5.41) is 11.9. The largest absolute Gasteiger partial charge is 0.382 e. The van der Waals surface area contributed by atoms with Crippen molar-refractivity contribution < 1.29 is 4.79 Å². The van der Waals surface area contributed by atoms with Crippen LogP contribution in [0.5, 0.6) is 0 Å². The minimum absolute atomic E-state index is 0.207. The molecule has 0 unspecified atom stereocenters. The highest BCUT2D eigenvalue weighted by Gasteiger charge is 2.18. The average molecular weight is 439 g/mol. The monoisotopic (exact) mass is 438 g/mol. The summed E-state index contributed by atoms with van der Waals surface area (Å²) in [5.74, 6) is -0.358. The fourth-order valence-electron chi connectivity index (χ4n) is 4.42. The van der Waals surface area contributed by atoms with Crippen LogP contribution < -0.4 is 16.2 Å². The molecule has 1 fully saturated rings. The highest BCUT2D eigenvalue weighted by atomic mass is 16.2. The maximum absolute atomic E-state index is 13.2.